The molecule has 7 nitrogen and oxygen atoms in total. The van der Waals surface area contributed by atoms with Gasteiger partial charge in [-0.2, -0.15) is 0 Å². The molecule has 0 aliphatic heterocycles. The van der Waals surface area contributed by atoms with Crippen molar-refractivity contribution in [1.82, 2.24) is 10.6 Å². The molecular formula is C27H32N2O5. The zero-order chi connectivity index (χ0) is 24.1. The lowest BCUT2D eigenvalue weighted by atomic mass is 9.98. The lowest BCUT2D eigenvalue weighted by Gasteiger charge is -2.20. The number of hydrogen-bond donors (Lipinski definition) is 3. The number of fused-ring (bicyclic) bond motifs is 3. The first kappa shape index (κ1) is 23.8. The van der Waals surface area contributed by atoms with E-state index in [4.69, 9.17) is 9.84 Å². The van der Waals surface area contributed by atoms with E-state index < -0.39 is 12.1 Å². The molecule has 2 amide bonds. The van der Waals surface area contributed by atoms with Crippen LogP contribution in [0.4, 0.5) is 4.79 Å². The number of benzene rings is 2. The molecule has 0 bridgehead atoms. The van der Waals surface area contributed by atoms with Crippen LogP contribution in [0.25, 0.3) is 11.1 Å². The predicted molar refractivity (Wildman–Crippen MR) is 128 cm³/mol. The molecule has 2 aromatic carbocycles. The quantitative estimate of drug-likeness (QED) is 0.460. The Hall–Kier alpha value is -3.35. The Bertz CT molecular complexity index is 1000. The van der Waals surface area contributed by atoms with Gasteiger partial charge < -0.3 is 20.5 Å². The number of hydrogen-bond acceptors (Lipinski definition) is 4. The third kappa shape index (κ3) is 5.76. The third-order valence-corrected chi connectivity index (χ3v) is 6.86. The molecule has 0 heterocycles. The highest BCUT2D eigenvalue weighted by atomic mass is 16.5. The Morgan fingerprint density at radius 2 is 1.62 bits per heavy atom. The highest BCUT2D eigenvalue weighted by Crippen LogP contribution is 2.44. The lowest BCUT2D eigenvalue weighted by Crippen LogP contribution is -2.40. The van der Waals surface area contributed by atoms with Crippen LogP contribution in [0, 0.1) is 11.8 Å². The zero-order valence-corrected chi connectivity index (χ0v) is 19.5. The SMILES string of the molecule is CCC(CNC(=O)OCC1c2ccccc2-c2ccccc21)CC(=O)NC(CC(=O)O)C1CC1. The second kappa shape index (κ2) is 10.7. The van der Waals surface area contributed by atoms with Crippen LogP contribution >= 0.6 is 0 Å². The van der Waals surface area contributed by atoms with E-state index in [0.717, 1.165) is 24.0 Å². The van der Waals surface area contributed by atoms with Gasteiger partial charge in [-0.3, -0.25) is 9.59 Å². The average molecular weight is 465 g/mol. The van der Waals surface area contributed by atoms with Gasteiger partial charge in [-0.1, -0.05) is 61.9 Å². The van der Waals surface area contributed by atoms with E-state index in [1.165, 1.54) is 11.1 Å². The smallest absolute Gasteiger partial charge is 0.407 e. The van der Waals surface area contributed by atoms with Crippen molar-refractivity contribution in [2.45, 2.75) is 51.0 Å². The van der Waals surface area contributed by atoms with E-state index in [9.17, 15) is 14.4 Å². The summed E-state index contributed by atoms with van der Waals surface area (Å²) in [6.07, 6.45) is 2.32. The zero-order valence-electron chi connectivity index (χ0n) is 19.5. The van der Waals surface area contributed by atoms with Gasteiger partial charge in [-0.15, -0.1) is 0 Å². The number of carboxylic acid groups (broad SMARTS) is 1. The van der Waals surface area contributed by atoms with Crippen LogP contribution in [0.15, 0.2) is 48.5 Å². The Morgan fingerprint density at radius 1 is 1.00 bits per heavy atom. The molecule has 0 radical (unpaired) electrons. The number of carbonyl (C=O) groups excluding carboxylic acids is 2. The molecule has 180 valence electrons. The van der Waals surface area contributed by atoms with E-state index in [-0.39, 0.29) is 49.2 Å². The van der Waals surface area contributed by atoms with Gasteiger partial charge in [0.05, 0.1) is 6.42 Å². The first-order chi connectivity index (χ1) is 16.5. The molecule has 2 aliphatic carbocycles. The summed E-state index contributed by atoms with van der Waals surface area (Å²) in [7, 11) is 0. The summed E-state index contributed by atoms with van der Waals surface area (Å²) in [4.78, 5) is 36.0. The van der Waals surface area contributed by atoms with E-state index in [1.54, 1.807) is 0 Å². The minimum Gasteiger partial charge on any atom is -0.481 e. The molecule has 0 saturated heterocycles. The van der Waals surface area contributed by atoms with Gasteiger partial charge in [0.25, 0.3) is 0 Å². The van der Waals surface area contributed by atoms with Crippen molar-refractivity contribution in [3.05, 3.63) is 59.7 Å². The largest absolute Gasteiger partial charge is 0.481 e. The van der Waals surface area contributed by atoms with E-state index in [0.29, 0.717) is 13.0 Å². The maximum absolute atomic E-state index is 12.5. The van der Waals surface area contributed by atoms with Crippen molar-refractivity contribution in [2.75, 3.05) is 13.2 Å². The fraction of sp³-hybridized carbons (Fsp3) is 0.444. The summed E-state index contributed by atoms with van der Waals surface area (Å²) < 4.78 is 5.57. The Labute approximate surface area is 199 Å². The van der Waals surface area contributed by atoms with Gasteiger partial charge in [0.2, 0.25) is 5.91 Å². The van der Waals surface area contributed by atoms with Gasteiger partial charge in [-0.05, 0) is 46.9 Å². The minimum absolute atomic E-state index is 0.000470. The third-order valence-electron chi connectivity index (χ3n) is 6.86. The molecule has 0 spiro atoms. The number of aliphatic carboxylic acids is 1. The highest BCUT2D eigenvalue weighted by molar-refractivity contribution is 5.79. The molecule has 7 heteroatoms. The number of nitrogens with one attached hydrogen (secondary N) is 2. The maximum atomic E-state index is 12.5. The fourth-order valence-corrected chi connectivity index (χ4v) is 4.79. The highest BCUT2D eigenvalue weighted by Gasteiger charge is 2.34. The first-order valence-electron chi connectivity index (χ1n) is 12.1. The Kier molecular flexibility index (Phi) is 7.50. The summed E-state index contributed by atoms with van der Waals surface area (Å²) in [6.45, 7) is 2.54. The monoisotopic (exact) mass is 464 g/mol. The van der Waals surface area contributed by atoms with Crippen LogP contribution in [-0.2, 0) is 14.3 Å². The fourth-order valence-electron chi connectivity index (χ4n) is 4.79. The van der Waals surface area contributed by atoms with Crippen LogP contribution in [0.3, 0.4) is 0 Å². The molecular weight excluding hydrogens is 432 g/mol. The lowest BCUT2D eigenvalue weighted by molar-refractivity contribution is -0.137. The number of carboxylic acids is 1. The first-order valence-corrected chi connectivity index (χ1v) is 12.1. The number of alkyl carbamates (subject to hydrolysis) is 1. The normalized spacial score (nSPS) is 16.1. The topological polar surface area (TPSA) is 105 Å². The second-order valence-electron chi connectivity index (χ2n) is 9.29. The molecule has 0 aromatic heterocycles. The molecule has 1 fully saturated rings. The molecule has 34 heavy (non-hydrogen) atoms. The minimum atomic E-state index is -0.902. The van der Waals surface area contributed by atoms with E-state index in [2.05, 4.69) is 34.9 Å². The molecule has 1 saturated carbocycles. The second-order valence-corrected chi connectivity index (χ2v) is 9.29. The van der Waals surface area contributed by atoms with Crippen LogP contribution in [-0.4, -0.2) is 42.3 Å². The van der Waals surface area contributed by atoms with Crippen molar-refractivity contribution in [2.24, 2.45) is 11.8 Å². The van der Waals surface area contributed by atoms with Crippen molar-refractivity contribution in [3.63, 3.8) is 0 Å². The molecule has 2 atom stereocenters. The van der Waals surface area contributed by atoms with Gasteiger partial charge in [0.1, 0.15) is 6.61 Å². The van der Waals surface area contributed by atoms with Gasteiger partial charge in [0, 0.05) is 24.9 Å². The summed E-state index contributed by atoms with van der Waals surface area (Å²) in [5.41, 5.74) is 4.67. The molecule has 3 N–H and O–H groups in total. The molecule has 4 rings (SSSR count). The Morgan fingerprint density at radius 3 is 2.18 bits per heavy atom. The van der Waals surface area contributed by atoms with Crippen LogP contribution in [0.5, 0.6) is 0 Å². The van der Waals surface area contributed by atoms with Gasteiger partial charge >= 0.3 is 12.1 Å². The summed E-state index contributed by atoms with van der Waals surface area (Å²) in [6, 6.07) is 16.1. The number of rotatable bonds is 11. The van der Waals surface area contributed by atoms with Crippen LogP contribution < -0.4 is 10.6 Å². The maximum Gasteiger partial charge on any atom is 0.407 e. The number of carbonyl (C=O) groups is 3. The van der Waals surface area contributed by atoms with Gasteiger partial charge in [-0.25, -0.2) is 4.79 Å². The number of ether oxygens (including phenoxy) is 1. The van der Waals surface area contributed by atoms with Crippen molar-refractivity contribution < 1.29 is 24.2 Å². The standard InChI is InChI=1S/C27H32N2O5/c1-2-17(13-25(30)29-24(14-26(31)32)18-11-12-18)15-28-27(33)34-16-23-21-9-5-3-7-19(21)20-8-4-6-10-22(20)23/h3-10,17-18,23-24H,2,11-16H2,1H3,(H,28,33)(H,29,30)(H,31,32). The van der Waals surface area contributed by atoms with Crippen molar-refractivity contribution in [1.29, 1.82) is 0 Å². The van der Waals surface area contributed by atoms with Gasteiger partial charge in [0.15, 0.2) is 0 Å². The summed E-state index contributed by atoms with van der Waals surface area (Å²) >= 11 is 0. The van der Waals surface area contributed by atoms with E-state index >= 15 is 0 Å². The van der Waals surface area contributed by atoms with Crippen molar-refractivity contribution >= 4 is 18.0 Å². The number of amides is 2. The Balaban J connectivity index is 1.25. The van der Waals surface area contributed by atoms with E-state index in [1.807, 2.05) is 31.2 Å². The average Bonchev–Trinajstić information content (AvgIpc) is 3.63. The van der Waals surface area contributed by atoms with Crippen LogP contribution in [0.1, 0.15) is 56.1 Å². The van der Waals surface area contributed by atoms with Crippen molar-refractivity contribution in [3.8, 4) is 11.1 Å². The summed E-state index contributed by atoms with van der Waals surface area (Å²) in [5, 5.41) is 14.7. The predicted octanol–water partition coefficient (Wildman–Crippen LogP) is 4.31. The summed E-state index contributed by atoms with van der Waals surface area (Å²) in [5.74, 6) is -0.857. The molecule has 2 aliphatic rings. The van der Waals surface area contributed by atoms with Crippen LogP contribution in [0.2, 0.25) is 0 Å². The molecule has 2 aromatic rings. The molecule has 2 unspecified atom stereocenters.